The molecular weight excluding hydrogens is 446 g/mol. The molecule has 2 amide bonds. The van der Waals surface area contributed by atoms with E-state index in [9.17, 15) is 23.2 Å². The maximum absolute atomic E-state index is 13.3. The van der Waals surface area contributed by atoms with Crippen LogP contribution in [-0.4, -0.2) is 47.7 Å². The van der Waals surface area contributed by atoms with Crippen LogP contribution in [-0.2, 0) is 14.3 Å². The van der Waals surface area contributed by atoms with Crippen LogP contribution in [0.3, 0.4) is 0 Å². The number of alkyl carbamates (subject to hydrolysis) is 1. The molecule has 2 aliphatic carbocycles. The zero-order valence-corrected chi connectivity index (χ0v) is 18.6. The van der Waals surface area contributed by atoms with E-state index < -0.39 is 36.0 Å². The minimum atomic E-state index is -4.06. The number of carbonyl (C=O) groups is 3. The average Bonchev–Trinajstić information content (AvgIpc) is 3.60. The largest absolute Gasteiger partial charge is 0.477 e. The first-order chi connectivity index (χ1) is 16.1. The van der Waals surface area contributed by atoms with Gasteiger partial charge in [-0.3, -0.25) is 4.79 Å². The number of aliphatic carboxylic acids is 1. The molecule has 0 aliphatic heterocycles. The van der Waals surface area contributed by atoms with Gasteiger partial charge in [0.1, 0.15) is 6.61 Å². The summed E-state index contributed by atoms with van der Waals surface area (Å²) >= 11 is 0. The molecule has 1 unspecified atom stereocenters. The Labute approximate surface area is 195 Å². The molecule has 0 bridgehead atoms. The van der Waals surface area contributed by atoms with Crippen molar-refractivity contribution in [1.82, 2.24) is 10.6 Å². The highest BCUT2D eigenvalue weighted by atomic mass is 19.3. The van der Waals surface area contributed by atoms with Crippen LogP contribution >= 0.6 is 0 Å². The fourth-order valence-electron chi connectivity index (χ4n) is 4.56. The number of rotatable bonds is 9. The lowest BCUT2D eigenvalue weighted by Gasteiger charge is -2.30. The predicted molar refractivity (Wildman–Crippen MR) is 120 cm³/mol. The highest BCUT2D eigenvalue weighted by Crippen LogP contribution is 2.45. The third-order valence-electron chi connectivity index (χ3n) is 6.56. The van der Waals surface area contributed by atoms with Crippen molar-refractivity contribution in [1.29, 1.82) is 0 Å². The number of hydrogen-bond donors (Lipinski definition) is 3. The van der Waals surface area contributed by atoms with E-state index in [2.05, 4.69) is 5.32 Å². The van der Waals surface area contributed by atoms with Crippen LogP contribution < -0.4 is 10.6 Å². The molecule has 9 heteroatoms. The SMILES string of the molecule is CC(CC(=O)NCC(F)(F)C(=O)O)(NC(=O)OCC1c2ccccc2-c2ccccc21)C1CC1. The Morgan fingerprint density at radius 2 is 1.59 bits per heavy atom. The smallest absolute Gasteiger partial charge is 0.407 e. The molecule has 4 rings (SSSR count). The van der Waals surface area contributed by atoms with Gasteiger partial charge in [-0.15, -0.1) is 0 Å². The summed E-state index contributed by atoms with van der Waals surface area (Å²) in [5.74, 6) is -7.26. The molecule has 1 atom stereocenters. The number of fused-ring (bicyclic) bond motifs is 3. The molecule has 1 fully saturated rings. The van der Waals surface area contributed by atoms with Crippen molar-refractivity contribution < 1.29 is 33.0 Å². The second kappa shape index (κ2) is 9.04. The van der Waals surface area contributed by atoms with Gasteiger partial charge in [0.05, 0.1) is 12.1 Å². The van der Waals surface area contributed by atoms with Crippen LogP contribution in [0.15, 0.2) is 48.5 Å². The van der Waals surface area contributed by atoms with E-state index in [-0.39, 0.29) is 24.9 Å². The molecule has 0 radical (unpaired) electrons. The van der Waals surface area contributed by atoms with Crippen molar-refractivity contribution >= 4 is 18.0 Å². The number of alkyl halides is 2. The van der Waals surface area contributed by atoms with Crippen LogP contribution in [0.4, 0.5) is 13.6 Å². The topological polar surface area (TPSA) is 105 Å². The van der Waals surface area contributed by atoms with Crippen molar-refractivity contribution in [3.8, 4) is 11.1 Å². The zero-order chi connectivity index (χ0) is 24.5. The Morgan fingerprint density at radius 3 is 2.12 bits per heavy atom. The Morgan fingerprint density at radius 1 is 1.03 bits per heavy atom. The molecular formula is C25H26F2N2O5. The van der Waals surface area contributed by atoms with Crippen LogP contribution in [0, 0.1) is 5.92 Å². The first kappa shape index (κ1) is 23.7. The fraction of sp³-hybridized carbons (Fsp3) is 0.400. The van der Waals surface area contributed by atoms with E-state index in [0.717, 1.165) is 35.1 Å². The zero-order valence-electron chi connectivity index (χ0n) is 18.6. The van der Waals surface area contributed by atoms with E-state index in [0.29, 0.717) is 0 Å². The highest BCUT2D eigenvalue weighted by Gasteiger charge is 2.45. The monoisotopic (exact) mass is 472 g/mol. The molecule has 7 nitrogen and oxygen atoms in total. The summed E-state index contributed by atoms with van der Waals surface area (Å²) in [5.41, 5.74) is 3.35. The van der Waals surface area contributed by atoms with Gasteiger partial charge < -0.3 is 20.5 Å². The summed E-state index contributed by atoms with van der Waals surface area (Å²) in [5, 5.41) is 13.2. The maximum atomic E-state index is 13.3. The van der Waals surface area contributed by atoms with E-state index in [1.54, 1.807) is 6.92 Å². The third-order valence-corrected chi connectivity index (χ3v) is 6.56. The van der Waals surface area contributed by atoms with Gasteiger partial charge >= 0.3 is 18.0 Å². The number of amides is 2. The Hall–Kier alpha value is -3.49. The van der Waals surface area contributed by atoms with Crippen molar-refractivity contribution in [2.75, 3.05) is 13.2 Å². The molecule has 1 saturated carbocycles. The predicted octanol–water partition coefficient (Wildman–Crippen LogP) is 3.92. The first-order valence-corrected chi connectivity index (χ1v) is 11.1. The Kier molecular flexibility index (Phi) is 6.29. The number of carboxylic acid groups (broad SMARTS) is 1. The number of halogens is 2. The fourth-order valence-corrected chi connectivity index (χ4v) is 4.56. The summed E-state index contributed by atoms with van der Waals surface area (Å²) in [6.45, 7) is 0.464. The summed E-state index contributed by atoms with van der Waals surface area (Å²) in [7, 11) is 0. The van der Waals surface area contributed by atoms with Gasteiger partial charge in [-0.1, -0.05) is 48.5 Å². The number of nitrogens with one attached hydrogen (secondary N) is 2. The summed E-state index contributed by atoms with van der Waals surface area (Å²) in [6, 6.07) is 15.9. The Bertz CT molecular complexity index is 1070. The number of ether oxygens (including phenoxy) is 1. The molecule has 0 aromatic heterocycles. The molecule has 2 aromatic carbocycles. The first-order valence-electron chi connectivity index (χ1n) is 11.1. The minimum Gasteiger partial charge on any atom is -0.477 e. The van der Waals surface area contributed by atoms with Gasteiger partial charge in [0.15, 0.2) is 0 Å². The van der Waals surface area contributed by atoms with E-state index >= 15 is 0 Å². The van der Waals surface area contributed by atoms with Gasteiger partial charge in [-0.2, -0.15) is 8.78 Å². The van der Waals surface area contributed by atoms with E-state index in [1.807, 2.05) is 53.8 Å². The summed E-state index contributed by atoms with van der Waals surface area (Å²) < 4.78 is 32.1. The second-order valence-electron chi connectivity index (χ2n) is 9.11. The van der Waals surface area contributed by atoms with E-state index in [4.69, 9.17) is 9.84 Å². The molecule has 180 valence electrons. The quantitative estimate of drug-likeness (QED) is 0.513. The summed E-state index contributed by atoms with van der Waals surface area (Å²) in [4.78, 5) is 35.5. The normalized spacial score (nSPS) is 16.7. The van der Waals surface area contributed by atoms with Gasteiger partial charge in [0.2, 0.25) is 5.91 Å². The number of carbonyl (C=O) groups excluding carboxylic acids is 2. The number of hydrogen-bond acceptors (Lipinski definition) is 4. The standard InChI is InChI=1S/C25H26F2N2O5/c1-24(15-10-11-15,12-21(30)28-14-25(26,27)22(31)32)29-23(33)34-13-20-18-8-4-2-6-16(18)17-7-3-5-9-19(17)20/h2-9,15,20H,10-14H2,1H3,(H,28,30)(H,29,33)(H,31,32). The van der Waals surface area contributed by atoms with Crippen molar-refractivity contribution in [2.45, 2.75) is 43.6 Å². The second-order valence-corrected chi connectivity index (χ2v) is 9.11. The lowest BCUT2D eigenvalue weighted by Crippen LogP contribution is -2.52. The number of benzene rings is 2. The highest BCUT2D eigenvalue weighted by molar-refractivity contribution is 5.81. The molecule has 0 heterocycles. The lowest BCUT2D eigenvalue weighted by atomic mass is 9.91. The van der Waals surface area contributed by atoms with Gasteiger partial charge in [-0.25, -0.2) is 9.59 Å². The third kappa shape index (κ3) is 4.88. The van der Waals surface area contributed by atoms with Crippen molar-refractivity contribution in [2.24, 2.45) is 5.92 Å². The molecule has 2 aromatic rings. The summed E-state index contributed by atoms with van der Waals surface area (Å²) in [6.07, 6.45) is 0.592. The molecule has 2 aliphatic rings. The molecule has 0 spiro atoms. The average molecular weight is 472 g/mol. The minimum absolute atomic E-state index is 0.00119. The Balaban J connectivity index is 1.38. The van der Waals surface area contributed by atoms with Crippen molar-refractivity contribution in [3.05, 3.63) is 59.7 Å². The van der Waals surface area contributed by atoms with E-state index in [1.165, 1.54) is 0 Å². The lowest BCUT2D eigenvalue weighted by molar-refractivity contribution is -0.164. The molecule has 3 N–H and O–H groups in total. The molecule has 0 saturated heterocycles. The van der Waals surface area contributed by atoms with Gasteiger partial charge in [0, 0.05) is 12.3 Å². The van der Waals surface area contributed by atoms with Crippen LogP contribution in [0.1, 0.15) is 43.2 Å². The van der Waals surface area contributed by atoms with Gasteiger partial charge in [-0.05, 0) is 47.9 Å². The number of carboxylic acids is 1. The molecule has 34 heavy (non-hydrogen) atoms. The van der Waals surface area contributed by atoms with Gasteiger partial charge in [0.25, 0.3) is 0 Å². The van der Waals surface area contributed by atoms with Crippen LogP contribution in [0.25, 0.3) is 11.1 Å². The van der Waals surface area contributed by atoms with Crippen molar-refractivity contribution in [3.63, 3.8) is 0 Å². The van der Waals surface area contributed by atoms with Crippen LogP contribution in [0.5, 0.6) is 0 Å². The maximum Gasteiger partial charge on any atom is 0.407 e. The van der Waals surface area contributed by atoms with Crippen LogP contribution in [0.2, 0.25) is 0 Å².